The molecule has 2 aliphatic carbocycles. The van der Waals surface area contributed by atoms with Gasteiger partial charge in [-0.2, -0.15) is 0 Å². The molecule has 1 saturated heterocycles. The van der Waals surface area contributed by atoms with E-state index in [9.17, 15) is 19.8 Å². The number of allylic oxidation sites excluding steroid dienone is 2. The Kier molecular flexibility index (Phi) is 2.95. The number of hydrogen-bond acceptors (Lipinski definition) is 6. The molecule has 20 heavy (non-hydrogen) atoms. The van der Waals surface area contributed by atoms with Crippen LogP contribution in [0.1, 0.15) is 19.8 Å². The number of ether oxygens (including phenoxy) is 2. The minimum absolute atomic E-state index is 0.0647. The lowest BCUT2D eigenvalue weighted by atomic mass is 9.71. The van der Waals surface area contributed by atoms with Crippen LogP contribution in [0, 0.1) is 0 Å². The normalized spacial score (nSPS) is 36.5. The zero-order valence-electron chi connectivity index (χ0n) is 11.1. The van der Waals surface area contributed by atoms with Gasteiger partial charge in [-0.05, 0) is 19.1 Å². The smallest absolute Gasteiger partial charge is 0.195 e. The molecule has 6 nitrogen and oxygen atoms in total. The molecule has 1 fully saturated rings. The standard InChI is InChI=1S/C14H16O6/c1-13(19-4-5-20-13)14(18)6-8-9(15)2-3-10(16)12(8)11(17)7-14/h2-3,11,17-18H,4-7H2,1H3/t11-,14+/m1/s1. The molecule has 0 radical (unpaired) electrons. The molecule has 0 unspecified atom stereocenters. The highest BCUT2D eigenvalue weighted by Gasteiger charge is 2.56. The predicted octanol–water partition coefficient (Wildman–Crippen LogP) is -0.360. The number of carbonyl (C=O) groups is 2. The van der Waals surface area contributed by atoms with Crippen molar-refractivity contribution in [2.24, 2.45) is 0 Å². The molecule has 0 saturated carbocycles. The highest BCUT2D eigenvalue weighted by atomic mass is 16.7. The van der Waals surface area contributed by atoms with Gasteiger partial charge in [-0.15, -0.1) is 0 Å². The number of hydrogen-bond donors (Lipinski definition) is 2. The van der Waals surface area contributed by atoms with Crippen molar-refractivity contribution >= 4 is 11.6 Å². The van der Waals surface area contributed by atoms with E-state index in [-0.39, 0.29) is 35.6 Å². The third kappa shape index (κ3) is 1.80. The van der Waals surface area contributed by atoms with Gasteiger partial charge in [-0.25, -0.2) is 0 Å². The van der Waals surface area contributed by atoms with Crippen molar-refractivity contribution < 1.29 is 29.3 Å². The van der Waals surface area contributed by atoms with E-state index < -0.39 is 17.5 Å². The summed E-state index contributed by atoms with van der Waals surface area (Å²) in [6.45, 7) is 2.27. The topological polar surface area (TPSA) is 93.1 Å². The van der Waals surface area contributed by atoms with Crippen LogP contribution in [-0.4, -0.2) is 52.5 Å². The number of aliphatic hydroxyl groups is 2. The van der Waals surface area contributed by atoms with Crippen LogP contribution < -0.4 is 0 Å². The van der Waals surface area contributed by atoms with Crippen LogP contribution in [0.2, 0.25) is 0 Å². The van der Waals surface area contributed by atoms with Gasteiger partial charge in [0.05, 0.1) is 19.3 Å². The summed E-state index contributed by atoms with van der Waals surface area (Å²) in [5.74, 6) is -2.03. The van der Waals surface area contributed by atoms with Crippen LogP contribution in [0.15, 0.2) is 23.3 Å². The molecule has 0 bridgehead atoms. The van der Waals surface area contributed by atoms with Crippen LogP contribution >= 0.6 is 0 Å². The van der Waals surface area contributed by atoms with Crippen molar-refractivity contribution in [3.8, 4) is 0 Å². The maximum absolute atomic E-state index is 11.9. The lowest BCUT2D eigenvalue weighted by molar-refractivity contribution is -0.266. The summed E-state index contributed by atoms with van der Waals surface area (Å²) in [6, 6.07) is 0. The van der Waals surface area contributed by atoms with Gasteiger partial charge in [-0.3, -0.25) is 9.59 Å². The summed E-state index contributed by atoms with van der Waals surface area (Å²) < 4.78 is 10.9. The van der Waals surface area contributed by atoms with Crippen LogP contribution in [-0.2, 0) is 19.1 Å². The van der Waals surface area contributed by atoms with E-state index >= 15 is 0 Å². The minimum atomic E-state index is -1.54. The first kappa shape index (κ1) is 13.6. The second-order valence-electron chi connectivity index (χ2n) is 5.52. The molecule has 2 N–H and O–H groups in total. The van der Waals surface area contributed by atoms with Gasteiger partial charge in [0.25, 0.3) is 0 Å². The van der Waals surface area contributed by atoms with Crippen LogP contribution in [0.25, 0.3) is 0 Å². The maximum Gasteiger partial charge on any atom is 0.195 e. The Balaban J connectivity index is 2.01. The third-order valence-corrected chi connectivity index (χ3v) is 4.29. The molecule has 0 aromatic carbocycles. The second-order valence-corrected chi connectivity index (χ2v) is 5.52. The fourth-order valence-electron chi connectivity index (χ4n) is 3.09. The Bertz CT molecular complexity index is 540. The summed E-state index contributed by atoms with van der Waals surface area (Å²) >= 11 is 0. The quantitative estimate of drug-likeness (QED) is 0.637. The number of ketones is 2. The zero-order valence-corrected chi connectivity index (χ0v) is 11.1. The first-order valence-corrected chi connectivity index (χ1v) is 6.54. The average Bonchev–Trinajstić information content (AvgIpc) is 2.82. The monoisotopic (exact) mass is 280 g/mol. The largest absolute Gasteiger partial charge is 0.388 e. The third-order valence-electron chi connectivity index (χ3n) is 4.29. The van der Waals surface area contributed by atoms with Crippen LogP contribution in [0.4, 0.5) is 0 Å². The van der Waals surface area contributed by atoms with Gasteiger partial charge >= 0.3 is 0 Å². The van der Waals surface area contributed by atoms with E-state index in [0.717, 1.165) is 6.08 Å². The molecule has 108 valence electrons. The fraction of sp³-hybridized carbons (Fsp3) is 0.571. The van der Waals surface area contributed by atoms with Gasteiger partial charge in [0.15, 0.2) is 17.4 Å². The SMILES string of the molecule is CC1([C@]2(O)CC3=C(C(=O)C=CC3=O)[C@H](O)C2)OCCO1. The maximum atomic E-state index is 11.9. The highest BCUT2D eigenvalue weighted by molar-refractivity contribution is 6.20. The van der Waals surface area contributed by atoms with Crippen molar-refractivity contribution in [3.05, 3.63) is 23.3 Å². The first-order valence-electron chi connectivity index (χ1n) is 6.54. The van der Waals surface area contributed by atoms with Gasteiger partial charge in [0, 0.05) is 24.0 Å². The second kappa shape index (κ2) is 4.33. The molecule has 6 heteroatoms. The van der Waals surface area contributed by atoms with E-state index in [4.69, 9.17) is 9.47 Å². The molecule has 0 amide bonds. The molecular formula is C14H16O6. The Labute approximate surface area is 115 Å². The van der Waals surface area contributed by atoms with E-state index in [1.54, 1.807) is 6.92 Å². The van der Waals surface area contributed by atoms with E-state index in [0.29, 0.717) is 13.2 Å². The Morgan fingerprint density at radius 1 is 1.20 bits per heavy atom. The summed E-state index contributed by atoms with van der Waals surface area (Å²) in [5.41, 5.74) is -1.30. The van der Waals surface area contributed by atoms with Crippen molar-refractivity contribution in [3.63, 3.8) is 0 Å². The van der Waals surface area contributed by atoms with Crippen molar-refractivity contribution in [2.75, 3.05) is 13.2 Å². The van der Waals surface area contributed by atoms with Crippen molar-refractivity contribution in [1.29, 1.82) is 0 Å². The van der Waals surface area contributed by atoms with Crippen molar-refractivity contribution in [1.82, 2.24) is 0 Å². The molecule has 1 heterocycles. The Hall–Kier alpha value is -1.34. The molecule has 1 aliphatic heterocycles. The summed E-state index contributed by atoms with van der Waals surface area (Å²) in [6.07, 6.45) is 0.951. The molecule has 0 spiro atoms. The van der Waals surface area contributed by atoms with Crippen LogP contribution in [0.3, 0.4) is 0 Å². The Morgan fingerprint density at radius 3 is 2.45 bits per heavy atom. The summed E-state index contributed by atoms with van der Waals surface area (Å²) in [7, 11) is 0. The summed E-state index contributed by atoms with van der Waals surface area (Å²) in [4.78, 5) is 23.7. The lowest BCUT2D eigenvalue weighted by Gasteiger charge is -2.45. The predicted molar refractivity (Wildman–Crippen MR) is 66.7 cm³/mol. The van der Waals surface area contributed by atoms with Gasteiger partial charge in [0.2, 0.25) is 0 Å². The number of aliphatic hydroxyl groups excluding tert-OH is 1. The molecule has 3 aliphatic rings. The fourth-order valence-corrected chi connectivity index (χ4v) is 3.09. The highest BCUT2D eigenvalue weighted by Crippen LogP contribution is 2.45. The van der Waals surface area contributed by atoms with Crippen LogP contribution in [0.5, 0.6) is 0 Å². The van der Waals surface area contributed by atoms with Crippen molar-refractivity contribution in [2.45, 2.75) is 37.3 Å². The molecule has 3 rings (SSSR count). The zero-order chi connectivity index (χ0) is 14.5. The molecular weight excluding hydrogens is 264 g/mol. The van der Waals surface area contributed by atoms with Gasteiger partial charge < -0.3 is 19.7 Å². The van der Waals surface area contributed by atoms with E-state index in [2.05, 4.69) is 0 Å². The van der Waals surface area contributed by atoms with E-state index in [1.165, 1.54) is 6.08 Å². The minimum Gasteiger partial charge on any atom is -0.388 e. The van der Waals surface area contributed by atoms with Gasteiger partial charge in [-0.1, -0.05) is 0 Å². The molecule has 2 atom stereocenters. The lowest BCUT2D eigenvalue weighted by Crippen LogP contribution is -2.57. The van der Waals surface area contributed by atoms with Gasteiger partial charge in [0.1, 0.15) is 5.60 Å². The Morgan fingerprint density at radius 2 is 1.80 bits per heavy atom. The first-order chi connectivity index (χ1) is 9.36. The number of carbonyl (C=O) groups excluding carboxylic acids is 2. The molecule has 0 aromatic heterocycles. The van der Waals surface area contributed by atoms with E-state index in [1.807, 2.05) is 0 Å². The summed E-state index contributed by atoms with van der Waals surface area (Å²) in [5, 5.41) is 21.0. The number of rotatable bonds is 1. The molecule has 0 aromatic rings. The average molecular weight is 280 g/mol.